The zero-order valence-corrected chi connectivity index (χ0v) is 20.2. The van der Waals surface area contributed by atoms with Crippen LogP contribution in [0.15, 0.2) is 41.1 Å². The summed E-state index contributed by atoms with van der Waals surface area (Å²) in [4.78, 5) is 14.4. The molecular formula is C26H35N5O. The maximum atomic E-state index is 5.59. The van der Waals surface area contributed by atoms with Gasteiger partial charge in [-0.1, -0.05) is 38.1 Å². The molecule has 1 saturated heterocycles. The highest BCUT2D eigenvalue weighted by Gasteiger charge is 2.28. The lowest BCUT2D eigenvalue weighted by atomic mass is 9.88. The highest BCUT2D eigenvalue weighted by molar-refractivity contribution is 5.60. The van der Waals surface area contributed by atoms with Gasteiger partial charge < -0.3 is 9.42 Å². The first-order chi connectivity index (χ1) is 15.2. The van der Waals surface area contributed by atoms with Gasteiger partial charge in [0.2, 0.25) is 0 Å². The molecule has 0 bridgehead atoms. The molecule has 6 heteroatoms. The molecule has 170 valence electrons. The van der Waals surface area contributed by atoms with Crippen molar-refractivity contribution < 1.29 is 4.52 Å². The van der Waals surface area contributed by atoms with Crippen LogP contribution < -0.4 is 4.90 Å². The molecule has 0 spiro atoms. The average Bonchev–Trinajstić information content (AvgIpc) is 3.20. The predicted molar refractivity (Wildman–Crippen MR) is 129 cm³/mol. The number of aromatic nitrogens is 3. The number of nitrogens with zero attached hydrogens (tertiary/aromatic N) is 5. The van der Waals surface area contributed by atoms with E-state index in [0.717, 1.165) is 61.0 Å². The number of anilines is 1. The van der Waals surface area contributed by atoms with E-state index in [9.17, 15) is 0 Å². The van der Waals surface area contributed by atoms with Gasteiger partial charge in [-0.15, -0.1) is 0 Å². The van der Waals surface area contributed by atoms with E-state index in [1.807, 2.05) is 19.2 Å². The summed E-state index contributed by atoms with van der Waals surface area (Å²) in [7, 11) is 4.15. The third-order valence-electron chi connectivity index (χ3n) is 6.22. The Hall–Kier alpha value is -2.73. The molecule has 3 heterocycles. The summed E-state index contributed by atoms with van der Waals surface area (Å²) in [5.74, 6) is 2.05. The third kappa shape index (κ3) is 5.01. The molecule has 2 aromatic heterocycles. The number of hydrogen-bond donors (Lipinski definition) is 0. The van der Waals surface area contributed by atoms with E-state index in [1.54, 1.807) is 0 Å². The second-order valence-electron chi connectivity index (χ2n) is 10.2. The molecule has 32 heavy (non-hydrogen) atoms. The lowest BCUT2D eigenvalue weighted by molar-refractivity contribution is 0.203. The topological polar surface area (TPSA) is 58.3 Å². The molecule has 0 radical (unpaired) electrons. The van der Waals surface area contributed by atoms with Crippen molar-refractivity contribution in [2.45, 2.75) is 58.4 Å². The van der Waals surface area contributed by atoms with Gasteiger partial charge in [0.05, 0.1) is 17.0 Å². The van der Waals surface area contributed by atoms with E-state index in [-0.39, 0.29) is 5.41 Å². The summed E-state index contributed by atoms with van der Waals surface area (Å²) in [5, 5.41) is 4.08. The second kappa shape index (κ2) is 9.02. The maximum absolute atomic E-state index is 5.59. The molecule has 3 aromatic rings. The number of rotatable bonds is 5. The van der Waals surface area contributed by atoms with E-state index in [2.05, 4.69) is 79.1 Å². The Morgan fingerprint density at radius 1 is 1.09 bits per heavy atom. The van der Waals surface area contributed by atoms with E-state index < -0.39 is 0 Å². The van der Waals surface area contributed by atoms with Gasteiger partial charge in [-0.05, 0) is 50.6 Å². The minimum absolute atomic E-state index is 0.0932. The summed E-state index contributed by atoms with van der Waals surface area (Å²) in [6.07, 6.45) is 4.09. The summed E-state index contributed by atoms with van der Waals surface area (Å²) in [6.45, 7) is 11.5. The molecule has 0 N–H and O–H groups in total. The van der Waals surface area contributed by atoms with Crippen LogP contribution in [0.25, 0.3) is 11.3 Å². The van der Waals surface area contributed by atoms with Crippen molar-refractivity contribution in [3.8, 4) is 11.3 Å². The molecule has 0 amide bonds. The average molecular weight is 434 g/mol. The van der Waals surface area contributed by atoms with Crippen LogP contribution in [0.1, 0.15) is 62.3 Å². The Morgan fingerprint density at radius 2 is 1.78 bits per heavy atom. The highest BCUT2D eigenvalue weighted by Crippen LogP contribution is 2.35. The Kier molecular flexibility index (Phi) is 6.33. The fraction of sp³-hybridized carbons (Fsp3) is 0.500. The number of hydrogen-bond acceptors (Lipinski definition) is 6. The molecule has 4 rings (SSSR count). The van der Waals surface area contributed by atoms with Crippen LogP contribution in [-0.2, 0) is 12.0 Å². The van der Waals surface area contributed by atoms with Gasteiger partial charge in [-0.2, -0.15) is 0 Å². The van der Waals surface area contributed by atoms with Crippen LogP contribution in [0.2, 0.25) is 0 Å². The monoisotopic (exact) mass is 433 g/mol. The van der Waals surface area contributed by atoms with Crippen molar-refractivity contribution in [1.29, 1.82) is 0 Å². The maximum Gasteiger partial charge on any atom is 0.170 e. The Morgan fingerprint density at radius 3 is 2.34 bits per heavy atom. The number of aryl methyl sites for hydroxylation is 1. The van der Waals surface area contributed by atoms with Gasteiger partial charge in [0, 0.05) is 49.9 Å². The first kappa shape index (κ1) is 22.5. The lowest BCUT2D eigenvalue weighted by Crippen LogP contribution is -2.33. The van der Waals surface area contributed by atoms with Gasteiger partial charge >= 0.3 is 0 Å². The number of likely N-dealkylation sites (tertiary alicyclic amines) is 1. The van der Waals surface area contributed by atoms with Crippen LogP contribution in [0.3, 0.4) is 0 Å². The van der Waals surface area contributed by atoms with Crippen molar-refractivity contribution in [3.63, 3.8) is 0 Å². The SMILES string of the molecule is Cc1cc(-c2cnc(C(C)(C)C)nc2C2CCN(Cc3ccc(N(C)C)cc3)CC2)on1. The molecule has 1 aromatic carbocycles. The molecule has 0 aliphatic carbocycles. The van der Waals surface area contributed by atoms with Gasteiger partial charge in [-0.3, -0.25) is 4.90 Å². The van der Waals surface area contributed by atoms with Crippen LogP contribution in [0.4, 0.5) is 5.69 Å². The third-order valence-corrected chi connectivity index (χ3v) is 6.22. The van der Waals surface area contributed by atoms with Gasteiger partial charge in [0.15, 0.2) is 5.76 Å². The number of piperidine rings is 1. The quantitative estimate of drug-likeness (QED) is 0.552. The minimum Gasteiger partial charge on any atom is -0.378 e. The summed E-state index contributed by atoms with van der Waals surface area (Å²) in [6, 6.07) is 10.9. The first-order valence-electron chi connectivity index (χ1n) is 11.5. The summed E-state index contributed by atoms with van der Waals surface area (Å²) in [5.41, 5.74) is 5.47. The van der Waals surface area contributed by atoms with Crippen molar-refractivity contribution in [1.82, 2.24) is 20.0 Å². The van der Waals surface area contributed by atoms with Crippen LogP contribution in [0, 0.1) is 6.92 Å². The zero-order chi connectivity index (χ0) is 22.9. The first-order valence-corrected chi connectivity index (χ1v) is 11.5. The highest BCUT2D eigenvalue weighted by atomic mass is 16.5. The smallest absolute Gasteiger partial charge is 0.170 e. The molecule has 0 saturated carbocycles. The van der Waals surface area contributed by atoms with Crippen molar-refractivity contribution >= 4 is 5.69 Å². The van der Waals surface area contributed by atoms with Gasteiger partial charge in [0.25, 0.3) is 0 Å². The normalized spacial score (nSPS) is 15.8. The van der Waals surface area contributed by atoms with Gasteiger partial charge in [0.1, 0.15) is 5.82 Å². The Labute approximate surface area is 191 Å². The molecule has 0 atom stereocenters. The van der Waals surface area contributed by atoms with Gasteiger partial charge in [-0.25, -0.2) is 9.97 Å². The van der Waals surface area contributed by atoms with Crippen LogP contribution in [-0.4, -0.2) is 47.2 Å². The largest absolute Gasteiger partial charge is 0.378 e. The fourth-order valence-electron chi connectivity index (χ4n) is 4.27. The molecule has 1 fully saturated rings. The molecule has 6 nitrogen and oxygen atoms in total. The second-order valence-corrected chi connectivity index (χ2v) is 10.2. The van der Waals surface area contributed by atoms with E-state index in [1.165, 1.54) is 11.3 Å². The molecular weight excluding hydrogens is 398 g/mol. The summed E-state index contributed by atoms with van der Waals surface area (Å²) >= 11 is 0. The molecule has 1 aliphatic heterocycles. The van der Waals surface area contributed by atoms with E-state index >= 15 is 0 Å². The zero-order valence-electron chi connectivity index (χ0n) is 20.2. The van der Waals surface area contributed by atoms with Crippen LogP contribution >= 0.6 is 0 Å². The molecule has 1 aliphatic rings. The van der Waals surface area contributed by atoms with Crippen molar-refractivity contribution in [2.24, 2.45) is 0 Å². The number of benzene rings is 1. The summed E-state index contributed by atoms with van der Waals surface area (Å²) < 4.78 is 5.59. The predicted octanol–water partition coefficient (Wildman–Crippen LogP) is 5.18. The fourth-order valence-corrected chi connectivity index (χ4v) is 4.27. The lowest BCUT2D eigenvalue weighted by Gasteiger charge is -2.32. The minimum atomic E-state index is -0.0932. The van der Waals surface area contributed by atoms with E-state index in [4.69, 9.17) is 9.51 Å². The van der Waals surface area contributed by atoms with Crippen molar-refractivity contribution in [3.05, 3.63) is 59.3 Å². The Bertz CT molecular complexity index is 1040. The standard InChI is InChI=1S/C26H35N5O/c1-18-15-23(32-29-18)22-16-27-25(26(2,3)4)28-24(22)20-11-13-31(14-12-20)17-19-7-9-21(10-8-19)30(5)6/h7-10,15-16,20H,11-14,17H2,1-6H3. The van der Waals surface area contributed by atoms with Crippen molar-refractivity contribution in [2.75, 3.05) is 32.1 Å². The van der Waals surface area contributed by atoms with E-state index in [0.29, 0.717) is 5.92 Å². The molecule has 0 unspecified atom stereocenters. The van der Waals surface area contributed by atoms with Crippen LogP contribution in [0.5, 0.6) is 0 Å². The Balaban J connectivity index is 1.50.